The molecule has 18 heavy (non-hydrogen) atoms. The second-order valence-electron chi connectivity index (χ2n) is 5.45. The maximum atomic E-state index is 11.0. The van der Waals surface area contributed by atoms with Crippen LogP contribution in [-0.4, -0.2) is 72.7 Å². The lowest BCUT2D eigenvalue weighted by molar-refractivity contribution is -0.139. The van der Waals surface area contributed by atoms with Crippen LogP contribution in [-0.2, 0) is 4.79 Å². The lowest BCUT2D eigenvalue weighted by atomic mass is 10.1. The third-order valence-electron chi connectivity index (χ3n) is 4.27. The van der Waals surface area contributed by atoms with Crippen molar-refractivity contribution in [3.05, 3.63) is 0 Å². The molecule has 0 radical (unpaired) electrons. The molecule has 2 atom stereocenters. The summed E-state index contributed by atoms with van der Waals surface area (Å²) in [4.78, 5) is 16.0. The second kappa shape index (κ2) is 6.50. The Bertz CT molecular complexity index is 285. The zero-order valence-corrected chi connectivity index (χ0v) is 11.3. The Kier molecular flexibility index (Phi) is 4.97. The molecular formula is C13H25N3O2. The summed E-state index contributed by atoms with van der Waals surface area (Å²) >= 11 is 0. The van der Waals surface area contributed by atoms with Gasteiger partial charge >= 0.3 is 5.97 Å². The van der Waals surface area contributed by atoms with Crippen LogP contribution >= 0.6 is 0 Å². The Balaban J connectivity index is 1.80. The van der Waals surface area contributed by atoms with Crippen molar-refractivity contribution in [3.8, 4) is 0 Å². The van der Waals surface area contributed by atoms with E-state index in [1.807, 2.05) is 0 Å². The van der Waals surface area contributed by atoms with Crippen molar-refractivity contribution in [3.63, 3.8) is 0 Å². The first kappa shape index (κ1) is 13.8. The summed E-state index contributed by atoms with van der Waals surface area (Å²) in [6.07, 6.45) is 4.55. The van der Waals surface area contributed by atoms with E-state index in [1.165, 1.54) is 32.4 Å². The van der Waals surface area contributed by atoms with E-state index >= 15 is 0 Å². The number of carbonyl (C=O) groups is 1. The average molecular weight is 255 g/mol. The number of carboxylic acid groups (broad SMARTS) is 1. The number of nitrogens with zero attached hydrogens (tertiary/aromatic N) is 2. The van der Waals surface area contributed by atoms with Gasteiger partial charge in [-0.3, -0.25) is 9.69 Å². The fourth-order valence-electron chi connectivity index (χ4n) is 3.19. The van der Waals surface area contributed by atoms with E-state index in [-0.39, 0.29) is 0 Å². The zero-order chi connectivity index (χ0) is 13.0. The van der Waals surface area contributed by atoms with E-state index in [1.54, 1.807) is 7.05 Å². The van der Waals surface area contributed by atoms with Crippen LogP contribution in [0.15, 0.2) is 0 Å². The maximum absolute atomic E-state index is 11.0. The van der Waals surface area contributed by atoms with E-state index in [2.05, 4.69) is 15.1 Å². The molecule has 0 bridgehead atoms. The van der Waals surface area contributed by atoms with Crippen LogP contribution in [0.2, 0.25) is 0 Å². The molecule has 2 rings (SSSR count). The van der Waals surface area contributed by atoms with Gasteiger partial charge < -0.3 is 15.3 Å². The highest BCUT2D eigenvalue weighted by atomic mass is 16.4. The van der Waals surface area contributed by atoms with Gasteiger partial charge in [0.15, 0.2) is 0 Å². The summed E-state index contributed by atoms with van der Waals surface area (Å²) in [5, 5.41) is 11.9. The third-order valence-corrected chi connectivity index (χ3v) is 4.27. The van der Waals surface area contributed by atoms with Gasteiger partial charge in [-0.05, 0) is 52.4 Å². The molecule has 5 heteroatoms. The van der Waals surface area contributed by atoms with Crippen LogP contribution in [0.5, 0.6) is 0 Å². The van der Waals surface area contributed by atoms with Crippen LogP contribution < -0.4 is 5.32 Å². The second-order valence-corrected chi connectivity index (χ2v) is 5.45. The fraction of sp³-hybridized carbons (Fsp3) is 0.923. The highest BCUT2D eigenvalue weighted by Gasteiger charge is 2.28. The molecule has 0 spiro atoms. The number of hydrogen-bond donors (Lipinski definition) is 2. The fourth-order valence-corrected chi connectivity index (χ4v) is 3.19. The summed E-state index contributed by atoms with van der Waals surface area (Å²) in [6, 6.07) is 0.304. The van der Waals surface area contributed by atoms with Crippen molar-refractivity contribution in [2.24, 2.45) is 0 Å². The normalized spacial score (nSPS) is 27.7. The van der Waals surface area contributed by atoms with Gasteiger partial charge in [0, 0.05) is 19.1 Å². The molecule has 0 amide bonds. The van der Waals surface area contributed by atoms with E-state index < -0.39 is 12.0 Å². The Morgan fingerprint density at radius 1 is 1.39 bits per heavy atom. The molecule has 0 aromatic rings. The first-order valence-corrected chi connectivity index (χ1v) is 7.07. The standard InChI is InChI=1S/C13H25N3O2/c1-14-12(13(17)18)5-9-15-6-3-8-16-7-2-4-11(16)10-15/h11-12,14H,2-10H2,1H3,(H,17,18). The van der Waals surface area contributed by atoms with Gasteiger partial charge in [0.2, 0.25) is 0 Å². The highest BCUT2D eigenvalue weighted by Crippen LogP contribution is 2.21. The van der Waals surface area contributed by atoms with Crippen molar-refractivity contribution in [1.29, 1.82) is 0 Å². The van der Waals surface area contributed by atoms with Gasteiger partial charge in [-0.2, -0.15) is 0 Å². The van der Waals surface area contributed by atoms with Crippen LogP contribution in [0.1, 0.15) is 25.7 Å². The van der Waals surface area contributed by atoms with Crippen molar-refractivity contribution in [2.75, 3.05) is 39.8 Å². The molecule has 2 unspecified atom stereocenters. The summed E-state index contributed by atoms with van der Waals surface area (Å²) in [6.45, 7) is 5.60. The van der Waals surface area contributed by atoms with Crippen LogP contribution in [0, 0.1) is 0 Å². The number of nitrogens with one attached hydrogen (secondary N) is 1. The SMILES string of the molecule is CNC(CCN1CCCN2CCCC2C1)C(=O)O. The number of hydrogen-bond acceptors (Lipinski definition) is 4. The molecule has 0 aliphatic carbocycles. The molecule has 2 saturated heterocycles. The van der Waals surface area contributed by atoms with Crippen LogP contribution in [0.3, 0.4) is 0 Å². The maximum Gasteiger partial charge on any atom is 0.320 e. The first-order chi connectivity index (χ1) is 8.70. The Morgan fingerprint density at radius 3 is 2.89 bits per heavy atom. The van der Waals surface area contributed by atoms with Gasteiger partial charge in [0.05, 0.1) is 0 Å². The molecule has 2 N–H and O–H groups in total. The van der Waals surface area contributed by atoms with Crippen LogP contribution in [0.25, 0.3) is 0 Å². The number of carboxylic acids is 1. The van der Waals surface area contributed by atoms with Gasteiger partial charge in [0.1, 0.15) is 6.04 Å². The molecular weight excluding hydrogens is 230 g/mol. The molecule has 2 heterocycles. The lowest BCUT2D eigenvalue weighted by Gasteiger charge is -2.26. The molecule has 0 saturated carbocycles. The van der Waals surface area contributed by atoms with Crippen molar-refractivity contribution < 1.29 is 9.90 Å². The monoisotopic (exact) mass is 255 g/mol. The summed E-state index contributed by atoms with van der Waals surface area (Å²) < 4.78 is 0. The number of rotatable bonds is 5. The predicted molar refractivity (Wildman–Crippen MR) is 70.8 cm³/mol. The van der Waals surface area contributed by atoms with Gasteiger partial charge in [0.25, 0.3) is 0 Å². The number of aliphatic carboxylic acids is 1. The van der Waals surface area contributed by atoms with Gasteiger partial charge in [-0.25, -0.2) is 0 Å². The zero-order valence-electron chi connectivity index (χ0n) is 11.3. The number of fused-ring (bicyclic) bond motifs is 1. The smallest absolute Gasteiger partial charge is 0.320 e. The Hall–Kier alpha value is -0.650. The minimum atomic E-state index is -0.741. The molecule has 104 valence electrons. The highest BCUT2D eigenvalue weighted by molar-refractivity contribution is 5.73. The molecule has 5 nitrogen and oxygen atoms in total. The van der Waals surface area contributed by atoms with Crippen molar-refractivity contribution in [2.45, 2.75) is 37.8 Å². The van der Waals surface area contributed by atoms with Gasteiger partial charge in [-0.15, -0.1) is 0 Å². The van der Waals surface area contributed by atoms with E-state index in [4.69, 9.17) is 5.11 Å². The minimum absolute atomic E-state index is 0.409. The van der Waals surface area contributed by atoms with E-state index in [0.717, 1.165) is 19.6 Å². The first-order valence-electron chi connectivity index (χ1n) is 7.07. The molecule has 2 fully saturated rings. The average Bonchev–Trinajstić information content (AvgIpc) is 2.68. The van der Waals surface area contributed by atoms with Gasteiger partial charge in [-0.1, -0.05) is 0 Å². The van der Waals surface area contributed by atoms with Crippen molar-refractivity contribution >= 4 is 5.97 Å². The molecule has 2 aliphatic heterocycles. The molecule has 2 aliphatic rings. The Labute approximate surface area is 109 Å². The number of likely N-dealkylation sites (N-methyl/N-ethyl adjacent to an activating group) is 1. The largest absolute Gasteiger partial charge is 0.480 e. The summed E-state index contributed by atoms with van der Waals surface area (Å²) in [5.74, 6) is -0.741. The van der Waals surface area contributed by atoms with Crippen molar-refractivity contribution in [1.82, 2.24) is 15.1 Å². The quantitative estimate of drug-likeness (QED) is 0.736. The Morgan fingerprint density at radius 2 is 2.17 bits per heavy atom. The summed E-state index contributed by atoms with van der Waals surface area (Å²) in [7, 11) is 1.72. The third kappa shape index (κ3) is 3.43. The van der Waals surface area contributed by atoms with E-state index in [0.29, 0.717) is 12.5 Å². The van der Waals surface area contributed by atoms with Crippen LogP contribution in [0.4, 0.5) is 0 Å². The molecule has 0 aromatic heterocycles. The summed E-state index contributed by atoms with van der Waals surface area (Å²) in [5.41, 5.74) is 0. The predicted octanol–water partition coefficient (Wildman–Crippen LogP) is 0.219. The topological polar surface area (TPSA) is 55.8 Å². The molecule has 0 aromatic carbocycles. The minimum Gasteiger partial charge on any atom is -0.480 e. The van der Waals surface area contributed by atoms with E-state index in [9.17, 15) is 4.79 Å². The lowest BCUT2D eigenvalue weighted by Crippen LogP contribution is -2.41.